The molecule has 0 fully saturated rings. The van der Waals surface area contributed by atoms with Gasteiger partial charge in [0.2, 0.25) is 0 Å². The number of halogens is 1. The summed E-state index contributed by atoms with van der Waals surface area (Å²) in [5, 5.41) is 12.4. The average molecular weight is 264 g/mol. The lowest BCUT2D eigenvalue weighted by atomic mass is 10.2. The van der Waals surface area contributed by atoms with Crippen LogP contribution in [-0.2, 0) is 0 Å². The predicted molar refractivity (Wildman–Crippen MR) is 72.6 cm³/mol. The van der Waals surface area contributed by atoms with Gasteiger partial charge in [0.25, 0.3) is 0 Å². The Balaban J connectivity index is 2.32. The van der Waals surface area contributed by atoms with Crippen LogP contribution in [0.2, 0.25) is 5.15 Å². The predicted octanol–water partition coefficient (Wildman–Crippen LogP) is 2.59. The molecule has 1 heterocycles. The summed E-state index contributed by atoms with van der Waals surface area (Å²) in [7, 11) is 0. The van der Waals surface area contributed by atoms with Gasteiger partial charge in [0.05, 0.1) is 6.61 Å². The standard InChI is InChI=1S/C13H14ClN3O/c1-9(8-18)15-12-7-11(14)16-13(17-12)10-5-3-2-4-6-10/h2-7,9,18H,8H2,1H3,(H,15,16,17). The molecule has 4 nitrogen and oxygen atoms in total. The Hall–Kier alpha value is -1.65. The maximum Gasteiger partial charge on any atom is 0.163 e. The van der Waals surface area contributed by atoms with E-state index in [1.165, 1.54) is 0 Å². The first-order valence-electron chi connectivity index (χ1n) is 5.66. The first-order valence-corrected chi connectivity index (χ1v) is 6.04. The van der Waals surface area contributed by atoms with Crippen molar-refractivity contribution in [1.82, 2.24) is 9.97 Å². The summed E-state index contributed by atoms with van der Waals surface area (Å²) in [5.74, 6) is 1.17. The van der Waals surface area contributed by atoms with Crippen LogP contribution in [0.3, 0.4) is 0 Å². The fourth-order valence-corrected chi connectivity index (χ4v) is 1.69. The van der Waals surface area contributed by atoms with Crippen molar-refractivity contribution in [2.24, 2.45) is 0 Å². The molecule has 18 heavy (non-hydrogen) atoms. The molecule has 94 valence electrons. The van der Waals surface area contributed by atoms with Crippen molar-refractivity contribution < 1.29 is 5.11 Å². The zero-order valence-corrected chi connectivity index (χ0v) is 10.7. The smallest absolute Gasteiger partial charge is 0.163 e. The van der Waals surface area contributed by atoms with Gasteiger partial charge in [-0.3, -0.25) is 0 Å². The average Bonchev–Trinajstić information content (AvgIpc) is 2.39. The molecule has 0 amide bonds. The zero-order chi connectivity index (χ0) is 13.0. The van der Waals surface area contributed by atoms with Crippen molar-refractivity contribution in [3.8, 4) is 11.4 Å². The molecule has 1 aromatic carbocycles. The van der Waals surface area contributed by atoms with E-state index in [1.54, 1.807) is 6.07 Å². The van der Waals surface area contributed by atoms with Gasteiger partial charge in [-0.25, -0.2) is 9.97 Å². The fraction of sp³-hybridized carbons (Fsp3) is 0.231. The molecule has 2 aromatic rings. The number of nitrogens with zero attached hydrogens (tertiary/aromatic N) is 2. The first kappa shape index (κ1) is 12.8. The molecule has 2 rings (SSSR count). The topological polar surface area (TPSA) is 58.0 Å². The molecule has 1 aromatic heterocycles. The third-order valence-electron chi connectivity index (χ3n) is 2.40. The van der Waals surface area contributed by atoms with E-state index in [9.17, 15) is 0 Å². The Morgan fingerprint density at radius 1 is 1.28 bits per heavy atom. The van der Waals surface area contributed by atoms with Gasteiger partial charge in [-0.15, -0.1) is 0 Å². The maximum atomic E-state index is 9.01. The number of benzene rings is 1. The summed E-state index contributed by atoms with van der Waals surface area (Å²) in [6, 6.07) is 11.2. The Labute approximate surface area is 111 Å². The molecule has 0 aliphatic rings. The highest BCUT2D eigenvalue weighted by atomic mass is 35.5. The van der Waals surface area contributed by atoms with Crippen LogP contribution in [0.1, 0.15) is 6.92 Å². The van der Waals surface area contributed by atoms with E-state index in [4.69, 9.17) is 16.7 Å². The van der Waals surface area contributed by atoms with Crippen LogP contribution in [0.5, 0.6) is 0 Å². The summed E-state index contributed by atoms with van der Waals surface area (Å²) >= 11 is 5.97. The summed E-state index contributed by atoms with van der Waals surface area (Å²) in [5.41, 5.74) is 0.903. The third kappa shape index (κ3) is 3.18. The van der Waals surface area contributed by atoms with E-state index >= 15 is 0 Å². The SMILES string of the molecule is CC(CO)Nc1cc(Cl)nc(-c2ccccc2)n1. The van der Waals surface area contributed by atoms with Crippen LogP contribution in [0.25, 0.3) is 11.4 Å². The van der Waals surface area contributed by atoms with Gasteiger partial charge < -0.3 is 10.4 Å². The number of aliphatic hydroxyl groups excluding tert-OH is 1. The molecule has 0 radical (unpaired) electrons. The summed E-state index contributed by atoms with van der Waals surface area (Å²) < 4.78 is 0. The van der Waals surface area contributed by atoms with Crippen LogP contribution < -0.4 is 5.32 Å². The van der Waals surface area contributed by atoms with Crippen molar-refractivity contribution in [3.05, 3.63) is 41.6 Å². The third-order valence-corrected chi connectivity index (χ3v) is 2.59. The van der Waals surface area contributed by atoms with Crippen molar-refractivity contribution in [2.45, 2.75) is 13.0 Å². The monoisotopic (exact) mass is 263 g/mol. The van der Waals surface area contributed by atoms with Gasteiger partial charge in [-0.1, -0.05) is 41.9 Å². The second-order valence-corrected chi connectivity index (χ2v) is 4.38. The number of hydrogen-bond donors (Lipinski definition) is 2. The minimum Gasteiger partial charge on any atom is -0.394 e. The van der Waals surface area contributed by atoms with Gasteiger partial charge in [-0.05, 0) is 6.92 Å². The number of aliphatic hydroxyl groups is 1. The van der Waals surface area contributed by atoms with Crippen LogP contribution in [0.15, 0.2) is 36.4 Å². The van der Waals surface area contributed by atoms with E-state index in [2.05, 4.69) is 15.3 Å². The van der Waals surface area contributed by atoms with Gasteiger partial charge in [0.15, 0.2) is 5.82 Å². The molecular formula is C13H14ClN3O. The Kier molecular flexibility index (Phi) is 4.12. The van der Waals surface area contributed by atoms with Gasteiger partial charge in [-0.2, -0.15) is 0 Å². The highest BCUT2D eigenvalue weighted by Crippen LogP contribution is 2.20. The fourth-order valence-electron chi connectivity index (χ4n) is 1.51. The molecule has 0 bridgehead atoms. The molecule has 0 aliphatic carbocycles. The minimum atomic E-state index is -0.0837. The minimum absolute atomic E-state index is 0.0301. The Morgan fingerprint density at radius 2 is 2.00 bits per heavy atom. The molecule has 0 saturated heterocycles. The van der Waals surface area contributed by atoms with E-state index in [-0.39, 0.29) is 12.6 Å². The highest BCUT2D eigenvalue weighted by molar-refractivity contribution is 6.29. The first-order chi connectivity index (χ1) is 8.69. The molecule has 2 N–H and O–H groups in total. The Morgan fingerprint density at radius 3 is 2.67 bits per heavy atom. The van der Waals surface area contributed by atoms with Gasteiger partial charge >= 0.3 is 0 Å². The molecule has 0 spiro atoms. The maximum absolute atomic E-state index is 9.01. The molecule has 0 aliphatic heterocycles. The number of aromatic nitrogens is 2. The summed E-state index contributed by atoms with van der Waals surface area (Å²) in [6.07, 6.45) is 0. The molecule has 1 atom stereocenters. The van der Waals surface area contributed by atoms with Crippen LogP contribution in [0.4, 0.5) is 5.82 Å². The lowest BCUT2D eigenvalue weighted by Gasteiger charge is -2.12. The number of rotatable bonds is 4. The second-order valence-electron chi connectivity index (χ2n) is 3.99. The molecular weight excluding hydrogens is 250 g/mol. The quantitative estimate of drug-likeness (QED) is 0.833. The Bertz CT molecular complexity index is 519. The van der Waals surface area contributed by atoms with Crippen molar-refractivity contribution in [3.63, 3.8) is 0 Å². The summed E-state index contributed by atoms with van der Waals surface area (Å²) in [4.78, 5) is 8.56. The number of hydrogen-bond acceptors (Lipinski definition) is 4. The number of nitrogens with one attached hydrogen (secondary N) is 1. The van der Waals surface area contributed by atoms with Crippen molar-refractivity contribution >= 4 is 17.4 Å². The van der Waals surface area contributed by atoms with E-state index in [1.807, 2.05) is 37.3 Å². The van der Waals surface area contributed by atoms with Crippen molar-refractivity contribution in [2.75, 3.05) is 11.9 Å². The van der Waals surface area contributed by atoms with Crippen LogP contribution >= 0.6 is 11.6 Å². The lowest BCUT2D eigenvalue weighted by molar-refractivity contribution is 0.281. The molecule has 1 unspecified atom stereocenters. The highest BCUT2D eigenvalue weighted by Gasteiger charge is 2.07. The van der Waals surface area contributed by atoms with Gasteiger partial charge in [0, 0.05) is 17.7 Å². The van der Waals surface area contributed by atoms with E-state index in [0.717, 1.165) is 5.56 Å². The molecule has 5 heteroatoms. The largest absolute Gasteiger partial charge is 0.394 e. The second kappa shape index (κ2) is 5.80. The lowest BCUT2D eigenvalue weighted by Crippen LogP contribution is -2.20. The van der Waals surface area contributed by atoms with Crippen LogP contribution in [0, 0.1) is 0 Å². The van der Waals surface area contributed by atoms with Crippen molar-refractivity contribution in [1.29, 1.82) is 0 Å². The van der Waals surface area contributed by atoms with Crippen LogP contribution in [-0.4, -0.2) is 27.7 Å². The normalized spacial score (nSPS) is 12.2. The van der Waals surface area contributed by atoms with Gasteiger partial charge in [0.1, 0.15) is 11.0 Å². The number of anilines is 1. The van der Waals surface area contributed by atoms with E-state index in [0.29, 0.717) is 16.8 Å². The molecule has 0 saturated carbocycles. The summed E-state index contributed by atoms with van der Waals surface area (Å²) in [6.45, 7) is 1.89. The zero-order valence-electron chi connectivity index (χ0n) is 9.97. The van der Waals surface area contributed by atoms with E-state index < -0.39 is 0 Å².